The van der Waals surface area contributed by atoms with Crippen molar-refractivity contribution in [3.8, 4) is 11.4 Å². The Kier molecular flexibility index (Phi) is 2.87. The van der Waals surface area contributed by atoms with Crippen LogP contribution in [0.25, 0.3) is 21.6 Å². The number of hydrogen-bond donors (Lipinski definition) is 1. The molecule has 0 spiro atoms. The summed E-state index contributed by atoms with van der Waals surface area (Å²) in [6.45, 7) is 5.94. The van der Waals surface area contributed by atoms with Crippen molar-refractivity contribution >= 4 is 21.6 Å². The van der Waals surface area contributed by atoms with E-state index in [0.29, 0.717) is 11.2 Å². The van der Waals surface area contributed by atoms with Gasteiger partial charge >= 0.3 is 0 Å². The maximum absolute atomic E-state index is 12.4. The van der Waals surface area contributed by atoms with Crippen molar-refractivity contribution in [1.82, 2.24) is 9.66 Å². The number of benzene rings is 1. The molecular formula is C15H15N3OS. The summed E-state index contributed by atoms with van der Waals surface area (Å²) in [4.78, 5) is 18.9. The lowest BCUT2D eigenvalue weighted by atomic mass is 10.1. The van der Waals surface area contributed by atoms with Gasteiger partial charge in [-0.1, -0.05) is 29.8 Å². The molecule has 5 heteroatoms. The highest BCUT2D eigenvalue weighted by Crippen LogP contribution is 2.27. The van der Waals surface area contributed by atoms with Crippen LogP contribution in [0.2, 0.25) is 0 Å². The fraction of sp³-hybridized carbons (Fsp3) is 0.200. The molecule has 0 bridgehead atoms. The highest BCUT2D eigenvalue weighted by atomic mass is 32.1. The number of rotatable bonds is 1. The van der Waals surface area contributed by atoms with Gasteiger partial charge < -0.3 is 5.84 Å². The molecule has 102 valence electrons. The SMILES string of the molecule is Cc1ccc(-c2nc3sc(C)c(C)c3c(=O)n2N)cc1. The van der Waals surface area contributed by atoms with Gasteiger partial charge in [0, 0.05) is 10.4 Å². The molecule has 0 aliphatic carbocycles. The van der Waals surface area contributed by atoms with Crippen molar-refractivity contribution < 1.29 is 0 Å². The third-order valence-corrected chi connectivity index (χ3v) is 4.65. The van der Waals surface area contributed by atoms with Crippen LogP contribution in [0.5, 0.6) is 0 Å². The molecule has 2 N–H and O–H groups in total. The Bertz CT molecular complexity index is 859. The van der Waals surface area contributed by atoms with Crippen LogP contribution >= 0.6 is 11.3 Å². The number of nitrogen functional groups attached to an aromatic ring is 1. The summed E-state index contributed by atoms with van der Waals surface area (Å²) < 4.78 is 1.14. The Labute approximate surface area is 120 Å². The van der Waals surface area contributed by atoms with E-state index in [2.05, 4.69) is 4.98 Å². The topological polar surface area (TPSA) is 60.9 Å². The van der Waals surface area contributed by atoms with Crippen molar-refractivity contribution in [2.24, 2.45) is 0 Å². The predicted octanol–water partition coefficient (Wildman–Crippen LogP) is 2.76. The molecule has 0 atom stereocenters. The Morgan fingerprint density at radius 2 is 1.80 bits per heavy atom. The van der Waals surface area contributed by atoms with Crippen LogP contribution in [-0.2, 0) is 0 Å². The van der Waals surface area contributed by atoms with Crippen LogP contribution in [-0.4, -0.2) is 9.66 Å². The van der Waals surface area contributed by atoms with Crippen LogP contribution in [0, 0.1) is 20.8 Å². The normalized spacial score (nSPS) is 11.2. The first-order valence-corrected chi connectivity index (χ1v) is 7.15. The smallest absolute Gasteiger partial charge is 0.281 e. The van der Waals surface area contributed by atoms with Crippen LogP contribution in [0.15, 0.2) is 29.1 Å². The molecule has 0 aliphatic rings. The molecule has 3 aromatic rings. The average Bonchev–Trinajstić information content (AvgIpc) is 2.71. The van der Waals surface area contributed by atoms with Crippen LogP contribution in [0.1, 0.15) is 16.0 Å². The molecule has 3 rings (SSSR count). The van der Waals surface area contributed by atoms with E-state index in [-0.39, 0.29) is 5.56 Å². The van der Waals surface area contributed by atoms with Gasteiger partial charge in [0.1, 0.15) is 4.83 Å². The number of aryl methyl sites for hydroxylation is 3. The number of hydrogen-bond acceptors (Lipinski definition) is 4. The summed E-state index contributed by atoms with van der Waals surface area (Å²) in [6.07, 6.45) is 0. The Morgan fingerprint density at radius 3 is 2.45 bits per heavy atom. The van der Waals surface area contributed by atoms with Crippen molar-refractivity contribution in [1.29, 1.82) is 0 Å². The highest BCUT2D eigenvalue weighted by Gasteiger charge is 2.15. The minimum absolute atomic E-state index is 0.188. The number of nitrogens with zero attached hydrogens (tertiary/aromatic N) is 2. The van der Waals surface area contributed by atoms with E-state index in [1.807, 2.05) is 45.0 Å². The third kappa shape index (κ3) is 1.82. The molecule has 0 fully saturated rings. The highest BCUT2D eigenvalue weighted by molar-refractivity contribution is 7.18. The quantitative estimate of drug-likeness (QED) is 0.699. The molecule has 2 aromatic heterocycles. The fourth-order valence-corrected chi connectivity index (χ4v) is 3.23. The Hall–Kier alpha value is -2.14. The van der Waals surface area contributed by atoms with E-state index in [4.69, 9.17) is 5.84 Å². The van der Waals surface area contributed by atoms with E-state index in [1.165, 1.54) is 11.3 Å². The summed E-state index contributed by atoms with van der Waals surface area (Å²) in [6, 6.07) is 7.83. The monoisotopic (exact) mass is 285 g/mol. The Morgan fingerprint density at radius 1 is 1.15 bits per heavy atom. The average molecular weight is 285 g/mol. The van der Waals surface area contributed by atoms with Crippen molar-refractivity contribution in [2.45, 2.75) is 20.8 Å². The van der Waals surface area contributed by atoms with Crippen molar-refractivity contribution in [3.63, 3.8) is 0 Å². The molecule has 0 unspecified atom stereocenters. The zero-order valence-electron chi connectivity index (χ0n) is 11.6. The maximum atomic E-state index is 12.4. The second kappa shape index (κ2) is 4.45. The molecule has 0 amide bonds. The van der Waals surface area contributed by atoms with Crippen molar-refractivity contribution in [2.75, 3.05) is 5.84 Å². The largest absolute Gasteiger partial charge is 0.334 e. The van der Waals surface area contributed by atoms with E-state index < -0.39 is 0 Å². The summed E-state index contributed by atoms with van der Waals surface area (Å²) in [5.41, 5.74) is 2.79. The number of aromatic nitrogens is 2. The van der Waals surface area contributed by atoms with Crippen LogP contribution in [0.3, 0.4) is 0 Å². The number of fused-ring (bicyclic) bond motifs is 1. The van der Waals surface area contributed by atoms with Gasteiger partial charge in [-0.15, -0.1) is 11.3 Å². The molecule has 20 heavy (non-hydrogen) atoms. The Balaban J connectivity index is 2.35. The second-order valence-corrected chi connectivity index (χ2v) is 6.14. The van der Waals surface area contributed by atoms with Gasteiger partial charge in [0.05, 0.1) is 5.39 Å². The molecule has 1 aromatic carbocycles. The van der Waals surface area contributed by atoms with Gasteiger partial charge in [0.2, 0.25) is 0 Å². The summed E-state index contributed by atoms with van der Waals surface area (Å²) in [5.74, 6) is 6.45. The lowest BCUT2D eigenvalue weighted by molar-refractivity contribution is 0.928. The lowest BCUT2D eigenvalue weighted by Crippen LogP contribution is -2.29. The van der Waals surface area contributed by atoms with Gasteiger partial charge in [-0.2, -0.15) is 0 Å². The molecular weight excluding hydrogens is 270 g/mol. The molecule has 0 saturated carbocycles. The zero-order chi connectivity index (χ0) is 14.4. The predicted molar refractivity (Wildman–Crippen MR) is 83.7 cm³/mol. The fourth-order valence-electron chi connectivity index (χ4n) is 2.21. The maximum Gasteiger partial charge on any atom is 0.281 e. The summed E-state index contributed by atoms with van der Waals surface area (Å²) in [5, 5.41) is 0.630. The first kappa shape index (κ1) is 12.9. The zero-order valence-corrected chi connectivity index (χ0v) is 12.4. The van der Waals surface area contributed by atoms with Gasteiger partial charge in [0.15, 0.2) is 5.82 Å². The van der Waals surface area contributed by atoms with E-state index in [1.54, 1.807) is 0 Å². The van der Waals surface area contributed by atoms with E-state index in [9.17, 15) is 4.79 Å². The standard InChI is InChI=1S/C15H15N3OS/c1-8-4-6-11(7-5-8)13-17-14-12(15(19)18(13)16)9(2)10(3)20-14/h4-7H,16H2,1-3H3. The van der Waals surface area contributed by atoms with E-state index in [0.717, 1.165) is 31.1 Å². The van der Waals surface area contributed by atoms with Gasteiger partial charge in [-0.05, 0) is 26.3 Å². The first-order chi connectivity index (χ1) is 9.49. The van der Waals surface area contributed by atoms with Gasteiger partial charge in [-0.3, -0.25) is 4.79 Å². The van der Waals surface area contributed by atoms with Crippen molar-refractivity contribution in [3.05, 3.63) is 50.6 Å². The molecule has 2 heterocycles. The third-order valence-electron chi connectivity index (χ3n) is 3.54. The van der Waals surface area contributed by atoms with Gasteiger partial charge in [0.25, 0.3) is 5.56 Å². The van der Waals surface area contributed by atoms with Gasteiger partial charge in [-0.25, -0.2) is 9.66 Å². The number of thiophene rings is 1. The molecule has 0 radical (unpaired) electrons. The van der Waals surface area contributed by atoms with Crippen LogP contribution < -0.4 is 11.4 Å². The lowest BCUT2D eigenvalue weighted by Gasteiger charge is -2.07. The first-order valence-electron chi connectivity index (χ1n) is 6.34. The summed E-state index contributed by atoms with van der Waals surface area (Å²) in [7, 11) is 0. The van der Waals surface area contributed by atoms with Crippen LogP contribution in [0.4, 0.5) is 0 Å². The molecule has 0 aliphatic heterocycles. The molecule has 4 nitrogen and oxygen atoms in total. The minimum Gasteiger partial charge on any atom is -0.334 e. The number of nitrogens with two attached hydrogens (primary N) is 1. The van der Waals surface area contributed by atoms with E-state index >= 15 is 0 Å². The summed E-state index contributed by atoms with van der Waals surface area (Å²) >= 11 is 1.53. The molecule has 0 saturated heterocycles. The minimum atomic E-state index is -0.188. The second-order valence-electron chi connectivity index (χ2n) is 4.94.